The highest BCUT2D eigenvalue weighted by atomic mass is 16.3. The Labute approximate surface area is 350 Å². The number of nitrogens with zero attached hydrogens (tertiary/aromatic N) is 2. The molecular formula is C55H43BN2O2. The molecule has 60 heavy (non-hydrogen) atoms. The number of para-hydroxylation sites is 4. The summed E-state index contributed by atoms with van der Waals surface area (Å²) in [7, 11) is 0. The Morgan fingerprint density at radius 3 is 1.63 bits per heavy atom. The van der Waals surface area contributed by atoms with Crippen molar-refractivity contribution in [3.05, 3.63) is 187 Å². The predicted octanol–water partition coefficient (Wildman–Crippen LogP) is 13.2. The largest absolute Gasteiger partial charge is 0.456 e. The van der Waals surface area contributed by atoms with E-state index >= 15 is 0 Å². The van der Waals surface area contributed by atoms with Gasteiger partial charge in [0.1, 0.15) is 22.3 Å². The molecular weight excluding hydrogens is 731 g/mol. The molecule has 0 radical (unpaired) electrons. The van der Waals surface area contributed by atoms with Crippen molar-refractivity contribution in [3.8, 4) is 0 Å². The Bertz CT molecular complexity index is 3300. The number of hydrogen-bond acceptors (Lipinski definition) is 4. The molecule has 0 amide bonds. The lowest BCUT2D eigenvalue weighted by Gasteiger charge is -2.46. The molecule has 2 aliphatic rings. The van der Waals surface area contributed by atoms with Gasteiger partial charge in [0.05, 0.1) is 0 Å². The number of benzene rings is 8. The van der Waals surface area contributed by atoms with Crippen LogP contribution in [0.25, 0.3) is 43.9 Å². The molecule has 0 atom stereocenters. The zero-order valence-corrected chi connectivity index (χ0v) is 34.5. The second kappa shape index (κ2) is 12.5. The van der Waals surface area contributed by atoms with Gasteiger partial charge >= 0.3 is 0 Å². The maximum Gasteiger partial charge on any atom is 0.247 e. The van der Waals surface area contributed by atoms with Crippen LogP contribution in [0.3, 0.4) is 0 Å². The predicted molar refractivity (Wildman–Crippen MR) is 252 cm³/mol. The van der Waals surface area contributed by atoms with Gasteiger partial charge in [-0.15, -0.1) is 0 Å². The molecule has 0 N–H and O–H groups in total. The van der Waals surface area contributed by atoms with E-state index in [1.54, 1.807) is 0 Å². The monoisotopic (exact) mass is 774 g/mol. The molecule has 288 valence electrons. The fraction of sp³-hybridized carbons (Fsp3) is 0.127. The molecule has 2 aliphatic heterocycles. The van der Waals surface area contributed by atoms with Crippen LogP contribution in [-0.2, 0) is 10.8 Å². The second-order valence-corrected chi connectivity index (χ2v) is 18.2. The van der Waals surface area contributed by atoms with Crippen molar-refractivity contribution in [1.29, 1.82) is 0 Å². The van der Waals surface area contributed by atoms with Crippen LogP contribution in [0.5, 0.6) is 0 Å². The van der Waals surface area contributed by atoms with Crippen molar-refractivity contribution in [3.63, 3.8) is 0 Å². The van der Waals surface area contributed by atoms with E-state index in [0.717, 1.165) is 72.3 Å². The van der Waals surface area contributed by atoms with E-state index < -0.39 is 0 Å². The molecule has 0 saturated heterocycles. The summed E-state index contributed by atoms with van der Waals surface area (Å²) in [6, 6.07) is 62.0. The average Bonchev–Trinajstić information content (AvgIpc) is 3.82. The van der Waals surface area contributed by atoms with Crippen LogP contribution >= 0.6 is 0 Å². The summed E-state index contributed by atoms with van der Waals surface area (Å²) in [5.74, 6) is 0. The first kappa shape index (κ1) is 35.0. The number of rotatable bonds is 4. The molecule has 0 unspecified atom stereocenters. The molecule has 0 fully saturated rings. The summed E-state index contributed by atoms with van der Waals surface area (Å²) >= 11 is 0. The molecule has 5 heteroatoms. The Balaban J connectivity index is 1.22. The van der Waals surface area contributed by atoms with Crippen LogP contribution < -0.4 is 26.2 Å². The summed E-state index contributed by atoms with van der Waals surface area (Å²) in [5, 5.41) is 4.56. The summed E-state index contributed by atoms with van der Waals surface area (Å²) in [4.78, 5) is 4.91. The molecule has 0 saturated carbocycles. The third-order valence-electron chi connectivity index (χ3n) is 13.2. The lowest BCUT2D eigenvalue weighted by molar-refractivity contribution is 0.590. The fourth-order valence-electron chi connectivity index (χ4n) is 10.3. The van der Waals surface area contributed by atoms with Crippen molar-refractivity contribution in [2.45, 2.75) is 45.4 Å². The molecule has 12 rings (SSSR count). The average molecular weight is 775 g/mol. The van der Waals surface area contributed by atoms with Gasteiger partial charge in [-0.2, -0.15) is 0 Å². The molecule has 2 aromatic heterocycles. The van der Waals surface area contributed by atoms with Gasteiger partial charge in [0.15, 0.2) is 0 Å². The van der Waals surface area contributed by atoms with Crippen molar-refractivity contribution < 1.29 is 8.83 Å². The Morgan fingerprint density at radius 2 is 1.03 bits per heavy atom. The van der Waals surface area contributed by atoms with Gasteiger partial charge in [-0.1, -0.05) is 137 Å². The van der Waals surface area contributed by atoms with Gasteiger partial charge < -0.3 is 18.6 Å². The SMILES string of the molecule is CC(C)(C)c1ccc(N2c3cc4oc5ccccc5c4cc3B3c4cc5c(cc4C(C)(C)c4cc(N(c6ccccc6)c6ccccc6)cc2c43)oc2ccccc25)cc1. The maximum absolute atomic E-state index is 6.69. The first-order valence-corrected chi connectivity index (χ1v) is 21.0. The third-order valence-corrected chi connectivity index (χ3v) is 13.2. The van der Waals surface area contributed by atoms with Gasteiger partial charge in [-0.25, -0.2) is 0 Å². The minimum Gasteiger partial charge on any atom is -0.456 e. The van der Waals surface area contributed by atoms with Crippen LogP contribution in [-0.4, -0.2) is 6.71 Å². The van der Waals surface area contributed by atoms with Gasteiger partial charge in [0.25, 0.3) is 0 Å². The Hall–Kier alpha value is -6.98. The standard InChI is InChI=1S/C55H43BN2O2/c1-54(2,3)34-24-26-37(27-25-34)58-47-33-52-42(40-21-13-15-23-50(40)60-52)31-46(47)56-45-30-41-39-20-12-14-22-49(39)59-51(41)32-43(45)55(4,5)44-28-38(29-48(58)53(44)56)57(35-16-8-6-9-17-35)36-18-10-7-11-19-36/h6-33H,1-5H3. The summed E-state index contributed by atoms with van der Waals surface area (Å²) < 4.78 is 13.3. The number of anilines is 6. The van der Waals surface area contributed by atoms with Crippen molar-refractivity contribution >= 4 is 101 Å². The van der Waals surface area contributed by atoms with Gasteiger partial charge in [-0.3, -0.25) is 0 Å². The number of furan rings is 2. The highest BCUT2D eigenvalue weighted by molar-refractivity contribution is 6.99. The smallest absolute Gasteiger partial charge is 0.247 e. The van der Waals surface area contributed by atoms with Crippen molar-refractivity contribution in [2.75, 3.05) is 9.80 Å². The third kappa shape index (κ3) is 5.05. The fourth-order valence-corrected chi connectivity index (χ4v) is 10.3. The lowest BCUT2D eigenvalue weighted by Crippen LogP contribution is -2.64. The lowest BCUT2D eigenvalue weighted by atomic mass is 9.30. The Morgan fingerprint density at radius 1 is 0.483 bits per heavy atom. The van der Waals surface area contributed by atoms with Gasteiger partial charge in [0.2, 0.25) is 6.71 Å². The molecule has 10 aromatic rings. The van der Waals surface area contributed by atoms with Gasteiger partial charge in [-0.05, 0) is 99.8 Å². The van der Waals surface area contributed by atoms with E-state index in [1.807, 2.05) is 0 Å². The molecule has 4 nitrogen and oxygen atoms in total. The molecule has 4 heterocycles. The summed E-state index contributed by atoms with van der Waals surface area (Å²) in [6.07, 6.45) is 0. The van der Waals surface area contributed by atoms with E-state index in [2.05, 4.69) is 214 Å². The second-order valence-electron chi connectivity index (χ2n) is 18.2. The minimum atomic E-state index is -0.385. The molecule has 0 spiro atoms. The highest BCUT2D eigenvalue weighted by Gasteiger charge is 2.47. The first-order valence-electron chi connectivity index (χ1n) is 21.0. The quantitative estimate of drug-likeness (QED) is 0.167. The zero-order valence-electron chi connectivity index (χ0n) is 34.5. The highest BCUT2D eigenvalue weighted by Crippen LogP contribution is 2.48. The normalized spacial score (nSPS) is 14.2. The molecule has 0 aliphatic carbocycles. The van der Waals surface area contributed by atoms with E-state index in [0.29, 0.717) is 0 Å². The van der Waals surface area contributed by atoms with Gasteiger partial charge in [0, 0.05) is 67.2 Å². The van der Waals surface area contributed by atoms with E-state index in [4.69, 9.17) is 8.83 Å². The van der Waals surface area contributed by atoms with E-state index in [1.165, 1.54) is 38.8 Å². The van der Waals surface area contributed by atoms with E-state index in [9.17, 15) is 0 Å². The van der Waals surface area contributed by atoms with E-state index in [-0.39, 0.29) is 17.5 Å². The van der Waals surface area contributed by atoms with Crippen LogP contribution in [0.1, 0.15) is 51.3 Å². The minimum absolute atomic E-state index is 0.0190. The Kier molecular flexibility index (Phi) is 7.30. The van der Waals surface area contributed by atoms with Crippen LogP contribution in [0.15, 0.2) is 179 Å². The summed E-state index contributed by atoms with van der Waals surface area (Å²) in [6.45, 7) is 11.6. The number of fused-ring (bicyclic) bond motifs is 10. The van der Waals surface area contributed by atoms with Crippen molar-refractivity contribution in [2.24, 2.45) is 0 Å². The van der Waals surface area contributed by atoms with Crippen LogP contribution in [0, 0.1) is 0 Å². The topological polar surface area (TPSA) is 32.8 Å². The zero-order chi connectivity index (χ0) is 40.5. The van der Waals surface area contributed by atoms with Crippen LogP contribution in [0.4, 0.5) is 34.1 Å². The summed E-state index contributed by atoms with van der Waals surface area (Å²) in [5.41, 5.74) is 17.8. The van der Waals surface area contributed by atoms with Crippen LogP contribution in [0.2, 0.25) is 0 Å². The number of hydrogen-bond donors (Lipinski definition) is 0. The maximum atomic E-state index is 6.69. The first-order chi connectivity index (χ1) is 29.1. The van der Waals surface area contributed by atoms with Crippen molar-refractivity contribution in [1.82, 2.24) is 0 Å². The molecule has 8 aromatic carbocycles. The molecule has 0 bridgehead atoms.